The number of nitrogens with zero attached hydrogens (tertiary/aromatic N) is 4. The van der Waals surface area contributed by atoms with Crippen molar-refractivity contribution in [2.24, 2.45) is 0 Å². The fourth-order valence-electron chi connectivity index (χ4n) is 11.8. The van der Waals surface area contributed by atoms with Crippen LogP contribution in [0.15, 0.2) is 253 Å². The number of hydrogen-bond acceptors (Lipinski definition) is 5. The van der Waals surface area contributed by atoms with Crippen molar-refractivity contribution in [3.63, 3.8) is 0 Å². The van der Waals surface area contributed by atoms with Gasteiger partial charge in [0.25, 0.3) is 0 Å². The van der Waals surface area contributed by atoms with E-state index in [2.05, 4.69) is 297 Å². The minimum absolute atomic E-state index is 0.0327. The van der Waals surface area contributed by atoms with Gasteiger partial charge in [-0.25, -0.2) is 0 Å². The summed E-state index contributed by atoms with van der Waals surface area (Å²) in [5, 5.41) is 7.62. The van der Waals surface area contributed by atoms with Crippen molar-refractivity contribution < 1.29 is 4.42 Å². The molecule has 0 N–H and O–H groups in total. The van der Waals surface area contributed by atoms with Crippen molar-refractivity contribution in [1.29, 1.82) is 0 Å². The zero-order chi connectivity index (χ0) is 55.1. The van der Waals surface area contributed by atoms with Crippen LogP contribution in [-0.2, 0) is 10.8 Å². The normalized spacial score (nSPS) is 12.1. The quantitative estimate of drug-likeness (QED) is 0.136. The third-order valence-electron chi connectivity index (χ3n) is 15.9. The summed E-state index contributed by atoms with van der Waals surface area (Å²) in [6.45, 7) is 13.6. The number of aromatic nitrogens is 1. The highest BCUT2D eigenvalue weighted by atomic mass is 35.5. The van der Waals surface area contributed by atoms with E-state index in [0.29, 0.717) is 5.02 Å². The fourth-order valence-corrected chi connectivity index (χ4v) is 13.2. The number of hydrogen-bond donors (Lipinski definition) is 0. The molecule has 0 aliphatic heterocycles. The van der Waals surface area contributed by atoms with E-state index in [9.17, 15) is 0 Å². The second-order valence-corrected chi connectivity index (χ2v) is 24.6. The number of anilines is 9. The molecule has 0 aliphatic carbocycles. The first-order valence-corrected chi connectivity index (χ1v) is 28.9. The van der Waals surface area contributed by atoms with Crippen LogP contribution in [0.3, 0.4) is 0 Å². The van der Waals surface area contributed by atoms with Crippen LogP contribution in [0, 0.1) is 0 Å². The molecular formula is C74H59ClN4OS. The summed E-state index contributed by atoms with van der Waals surface area (Å²) in [5.41, 5.74) is 16.2. The van der Waals surface area contributed by atoms with Gasteiger partial charge in [-0.3, -0.25) is 0 Å². The summed E-state index contributed by atoms with van der Waals surface area (Å²) in [4.78, 5) is 7.02. The number of benzene rings is 11. The Bertz CT molecular complexity index is 4580. The van der Waals surface area contributed by atoms with Crippen molar-refractivity contribution in [3.8, 4) is 5.69 Å². The number of para-hydroxylation sites is 3. The first-order valence-electron chi connectivity index (χ1n) is 27.8. The maximum atomic E-state index is 8.19. The molecular weight excluding hydrogens is 1030 g/mol. The van der Waals surface area contributed by atoms with Gasteiger partial charge in [-0.15, -0.1) is 11.3 Å². The standard InChI is InChI=1S/C74H59ClN4OS/c1-73(2,3)48-30-34-51(35-31-48)77(54-21-16-20-53(44-54)76(55-39-42-69-62(45-55)60-23-11-14-28-68(60)80-69)56-40-43-71-63(46-56)61-24-12-15-29-70(61)81-71)65-26-17-27-66(72(65)75)78(52-36-32-49(33-37-52)74(4,5)6)57-38-41-59-58-22-10-13-25-64(58)79(67(59)47-57)50-18-8-7-9-19-50/h7-47H,1-6H3. The zero-order valence-corrected chi connectivity index (χ0v) is 47.7. The number of furan rings is 1. The second kappa shape index (κ2) is 19.6. The molecule has 0 saturated heterocycles. The molecule has 3 heterocycles. The Kier molecular flexibility index (Phi) is 12.2. The van der Waals surface area contributed by atoms with Crippen LogP contribution < -0.4 is 14.7 Å². The van der Waals surface area contributed by atoms with Gasteiger partial charge in [-0.2, -0.15) is 0 Å². The molecule has 5 nitrogen and oxygen atoms in total. The van der Waals surface area contributed by atoms with Crippen molar-refractivity contribution in [2.45, 2.75) is 52.4 Å². The SMILES string of the molecule is CC(C)(C)c1ccc(N(c2cccc(N(c3ccc4oc5ccccc5c4c3)c3ccc4sc5ccccc5c4c3)c2)c2cccc(N(c3ccc(C(C)(C)C)cc3)c3ccc4c5ccccc5n(-c5ccccc5)c4c3)c2Cl)cc1. The van der Waals surface area contributed by atoms with Crippen LogP contribution in [-0.4, -0.2) is 4.57 Å². The molecule has 3 aromatic heterocycles. The van der Waals surface area contributed by atoms with Gasteiger partial charge >= 0.3 is 0 Å². The lowest BCUT2D eigenvalue weighted by Crippen LogP contribution is -2.16. The van der Waals surface area contributed by atoms with Gasteiger partial charge in [0.05, 0.1) is 27.4 Å². The molecule has 14 aromatic rings. The molecule has 0 bridgehead atoms. The lowest BCUT2D eigenvalue weighted by atomic mass is 9.87. The molecule has 0 spiro atoms. The smallest absolute Gasteiger partial charge is 0.135 e. The van der Waals surface area contributed by atoms with E-state index in [1.165, 1.54) is 42.1 Å². The van der Waals surface area contributed by atoms with Crippen molar-refractivity contribution >= 4 is 138 Å². The number of rotatable bonds is 10. The molecule has 0 atom stereocenters. The van der Waals surface area contributed by atoms with Crippen molar-refractivity contribution in [1.82, 2.24) is 4.57 Å². The van der Waals surface area contributed by atoms with Crippen LogP contribution in [0.1, 0.15) is 52.7 Å². The Morgan fingerprint density at radius 3 is 1.51 bits per heavy atom. The molecule has 394 valence electrons. The van der Waals surface area contributed by atoms with Gasteiger partial charge in [0.15, 0.2) is 0 Å². The predicted octanol–water partition coefficient (Wildman–Crippen LogP) is 22.7. The Balaban J connectivity index is 0.970. The van der Waals surface area contributed by atoms with Crippen molar-refractivity contribution in [3.05, 3.63) is 265 Å². The van der Waals surface area contributed by atoms with E-state index in [0.717, 1.165) is 89.8 Å². The van der Waals surface area contributed by atoms with Crippen LogP contribution in [0.5, 0.6) is 0 Å². The molecule has 0 amide bonds. The highest BCUT2D eigenvalue weighted by Gasteiger charge is 2.27. The van der Waals surface area contributed by atoms with E-state index in [1.54, 1.807) is 0 Å². The molecule has 0 aliphatic rings. The number of fused-ring (bicyclic) bond motifs is 9. The van der Waals surface area contributed by atoms with Crippen LogP contribution in [0.4, 0.5) is 51.2 Å². The van der Waals surface area contributed by atoms with E-state index in [1.807, 2.05) is 23.5 Å². The van der Waals surface area contributed by atoms with E-state index < -0.39 is 0 Å². The summed E-state index contributed by atoms with van der Waals surface area (Å²) < 4.78 is 11.3. The van der Waals surface area contributed by atoms with Crippen molar-refractivity contribution in [2.75, 3.05) is 14.7 Å². The topological polar surface area (TPSA) is 27.8 Å². The largest absolute Gasteiger partial charge is 0.456 e. The third kappa shape index (κ3) is 8.87. The van der Waals surface area contributed by atoms with Gasteiger partial charge in [0.2, 0.25) is 0 Å². The monoisotopic (exact) mass is 1090 g/mol. The minimum atomic E-state index is -0.0476. The molecule has 0 unspecified atom stereocenters. The Morgan fingerprint density at radius 1 is 0.346 bits per heavy atom. The van der Waals surface area contributed by atoms with E-state index in [-0.39, 0.29) is 10.8 Å². The molecule has 81 heavy (non-hydrogen) atoms. The molecule has 0 fully saturated rings. The first-order chi connectivity index (χ1) is 39.3. The van der Waals surface area contributed by atoms with Gasteiger partial charge < -0.3 is 23.7 Å². The van der Waals surface area contributed by atoms with Crippen LogP contribution in [0.25, 0.3) is 69.6 Å². The summed E-state index contributed by atoms with van der Waals surface area (Å²) in [7, 11) is 0. The lowest BCUT2D eigenvalue weighted by Gasteiger charge is -2.32. The maximum absolute atomic E-state index is 8.19. The third-order valence-corrected chi connectivity index (χ3v) is 17.5. The number of halogens is 1. The maximum Gasteiger partial charge on any atom is 0.135 e. The summed E-state index contributed by atoms with van der Waals surface area (Å²) in [6, 6.07) is 89.9. The van der Waals surface area contributed by atoms with Crippen LogP contribution >= 0.6 is 22.9 Å². The molecule has 0 radical (unpaired) electrons. The average Bonchev–Trinajstić information content (AvgIpc) is 4.39. The summed E-state index contributed by atoms with van der Waals surface area (Å²) >= 11 is 10.0. The molecule has 11 aromatic carbocycles. The highest BCUT2D eigenvalue weighted by Crippen LogP contribution is 2.50. The summed E-state index contributed by atoms with van der Waals surface area (Å²) in [5.74, 6) is 0. The first kappa shape index (κ1) is 50.2. The van der Waals surface area contributed by atoms with E-state index >= 15 is 0 Å². The number of thiophene rings is 1. The lowest BCUT2D eigenvalue weighted by molar-refractivity contribution is 0.590. The van der Waals surface area contributed by atoms with Crippen LogP contribution in [0.2, 0.25) is 5.02 Å². The summed E-state index contributed by atoms with van der Waals surface area (Å²) in [6.07, 6.45) is 0. The second-order valence-electron chi connectivity index (χ2n) is 23.2. The van der Waals surface area contributed by atoms with E-state index in [4.69, 9.17) is 16.0 Å². The Morgan fingerprint density at radius 2 is 0.827 bits per heavy atom. The molecule has 0 saturated carbocycles. The van der Waals surface area contributed by atoms with Gasteiger partial charge in [0, 0.05) is 87.2 Å². The average molecular weight is 1090 g/mol. The predicted molar refractivity (Wildman–Crippen MR) is 347 cm³/mol. The zero-order valence-electron chi connectivity index (χ0n) is 46.2. The Labute approximate surface area is 481 Å². The molecule has 7 heteroatoms. The van der Waals surface area contributed by atoms with Gasteiger partial charge in [-0.1, -0.05) is 168 Å². The fraction of sp³-hybridized carbons (Fsp3) is 0.108. The molecule has 14 rings (SSSR count). The Hall–Kier alpha value is -9.07. The highest BCUT2D eigenvalue weighted by molar-refractivity contribution is 7.25. The van der Waals surface area contributed by atoms with Gasteiger partial charge in [-0.05, 0) is 155 Å². The van der Waals surface area contributed by atoms with Gasteiger partial charge in [0.1, 0.15) is 11.2 Å². The minimum Gasteiger partial charge on any atom is -0.456 e.